The number of piperidine rings is 1. The van der Waals surface area contributed by atoms with Gasteiger partial charge in [-0.15, -0.1) is 0 Å². The maximum Gasteiger partial charge on any atom is 0.225 e. The van der Waals surface area contributed by atoms with Gasteiger partial charge in [0.1, 0.15) is 0 Å². The van der Waals surface area contributed by atoms with Crippen molar-refractivity contribution in [3.05, 3.63) is 35.9 Å². The van der Waals surface area contributed by atoms with Crippen molar-refractivity contribution >= 4 is 11.8 Å². The second-order valence-corrected chi connectivity index (χ2v) is 7.63. The van der Waals surface area contributed by atoms with Crippen LogP contribution in [0, 0.1) is 17.8 Å². The molecule has 0 aromatic heterocycles. The average Bonchev–Trinajstić information content (AvgIpc) is 3.51. The zero-order valence-electron chi connectivity index (χ0n) is 14.1. The van der Waals surface area contributed by atoms with Crippen LogP contribution >= 0.6 is 0 Å². The van der Waals surface area contributed by atoms with E-state index in [2.05, 4.69) is 17.4 Å². The Labute approximate surface area is 143 Å². The molecule has 4 rings (SSSR count). The van der Waals surface area contributed by atoms with Crippen molar-refractivity contribution in [1.82, 2.24) is 10.2 Å². The van der Waals surface area contributed by atoms with Gasteiger partial charge in [-0.1, -0.05) is 30.3 Å². The van der Waals surface area contributed by atoms with Crippen LogP contribution in [0.4, 0.5) is 0 Å². The van der Waals surface area contributed by atoms with E-state index in [0.29, 0.717) is 12.5 Å². The molecular weight excluding hydrogens is 300 g/mol. The van der Waals surface area contributed by atoms with Gasteiger partial charge in [-0.3, -0.25) is 9.59 Å². The third kappa shape index (κ3) is 3.47. The van der Waals surface area contributed by atoms with Crippen molar-refractivity contribution in [3.63, 3.8) is 0 Å². The van der Waals surface area contributed by atoms with E-state index in [1.165, 1.54) is 18.4 Å². The lowest BCUT2D eigenvalue weighted by atomic mass is 9.95. The number of carbonyl (C=O) groups excluding carboxylic acids is 2. The molecule has 1 aromatic carbocycles. The first-order chi connectivity index (χ1) is 11.7. The number of benzene rings is 1. The Morgan fingerprint density at radius 2 is 1.75 bits per heavy atom. The summed E-state index contributed by atoms with van der Waals surface area (Å²) in [6, 6.07) is 10.4. The van der Waals surface area contributed by atoms with E-state index >= 15 is 0 Å². The molecule has 1 N–H and O–H groups in total. The fourth-order valence-corrected chi connectivity index (χ4v) is 3.81. The van der Waals surface area contributed by atoms with Crippen molar-refractivity contribution in [2.75, 3.05) is 13.1 Å². The standard InChI is InChI=1S/C20H26N2O2/c23-19(17-7-4-12-22(13-17)20(24)16-10-11-16)21-18(15-8-9-15)14-5-2-1-3-6-14/h1-3,5-6,15-18H,4,7-13H2,(H,21,23)/t17-,18-/m1/s1. The van der Waals surface area contributed by atoms with Gasteiger partial charge in [0.25, 0.3) is 0 Å². The second kappa shape index (κ2) is 6.58. The molecule has 0 radical (unpaired) electrons. The molecule has 0 spiro atoms. The van der Waals surface area contributed by atoms with E-state index in [4.69, 9.17) is 0 Å². The van der Waals surface area contributed by atoms with Crippen molar-refractivity contribution < 1.29 is 9.59 Å². The lowest BCUT2D eigenvalue weighted by Crippen LogP contribution is -2.46. The molecule has 1 heterocycles. The summed E-state index contributed by atoms with van der Waals surface area (Å²) in [4.78, 5) is 27.0. The summed E-state index contributed by atoms with van der Waals surface area (Å²) in [7, 11) is 0. The number of nitrogens with one attached hydrogen (secondary N) is 1. The molecule has 1 aliphatic heterocycles. The second-order valence-electron chi connectivity index (χ2n) is 7.63. The fraction of sp³-hybridized carbons (Fsp3) is 0.600. The van der Waals surface area contributed by atoms with E-state index in [1.54, 1.807) is 0 Å². The predicted molar refractivity (Wildman–Crippen MR) is 92.1 cm³/mol. The van der Waals surface area contributed by atoms with Gasteiger partial charge in [-0.2, -0.15) is 0 Å². The van der Waals surface area contributed by atoms with Crippen LogP contribution in [0.15, 0.2) is 30.3 Å². The molecule has 0 bridgehead atoms. The van der Waals surface area contributed by atoms with Crippen LogP contribution in [0.5, 0.6) is 0 Å². The van der Waals surface area contributed by atoms with Gasteiger partial charge in [0.2, 0.25) is 11.8 Å². The number of hydrogen-bond donors (Lipinski definition) is 1. The molecular formula is C20H26N2O2. The lowest BCUT2D eigenvalue weighted by molar-refractivity contribution is -0.137. The van der Waals surface area contributed by atoms with Gasteiger partial charge in [0, 0.05) is 19.0 Å². The van der Waals surface area contributed by atoms with Gasteiger partial charge in [-0.25, -0.2) is 0 Å². The fourth-order valence-electron chi connectivity index (χ4n) is 3.81. The number of likely N-dealkylation sites (tertiary alicyclic amines) is 1. The first kappa shape index (κ1) is 15.7. The minimum atomic E-state index is -0.0496. The Hall–Kier alpha value is -1.84. The normalized spacial score (nSPS) is 25.2. The van der Waals surface area contributed by atoms with Crippen molar-refractivity contribution in [3.8, 4) is 0 Å². The Kier molecular flexibility index (Phi) is 4.30. The number of amides is 2. The van der Waals surface area contributed by atoms with Crippen LogP contribution in [0.2, 0.25) is 0 Å². The Balaban J connectivity index is 1.40. The Morgan fingerprint density at radius 1 is 1.00 bits per heavy atom. The molecule has 1 saturated heterocycles. The molecule has 1 aromatic rings. The molecule has 3 fully saturated rings. The summed E-state index contributed by atoms with van der Waals surface area (Å²) in [5.41, 5.74) is 1.20. The van der Waals surface area contributed by atoms with Gasteiger partial charge >= 0.3 is 0 Å². The lowest BCUT2D eigenvalue weighted by Gasteiger charge is -2.33. The summed E-state index contributed by atoms with van der Waals surface area (Å²) in [5, 5.41) is 3.29. The number of carbonyl (C=O) groups is 2. The third-order valence-corrected chi connectivity index (χ3v) is 5.58. The van der Waals surface area contributed by atoms with Crippen molar-refractivity contribution in [2.45, 2.75) is 44.6 Å². The van der Waals surface area contributed by atoms with Crippen molar-refractivity contribution in [2.24, 2.45) is 17.8 Å². The van der Waals surface area contributed by atoms with Crippen LogP contribution in [0.25, 0.3) is 0 Å². The highest BCUT2D eigenvalue weighted by atomic mass is 16.2. The summed E-state index contributed by atoms with van der Waals surface area (Å²) in [6.07, 6.45) is 6.28. The first-order valence-corrected chi connectivity index (χ1v) is 9.36. The quantitative estimate of drug-likeness (QED) is 0.904. The molecule has 4 nitrogen and oxygen atoms in total. The molecule has 4 heteroatoms. The molecule has 3 aliphatic rings. The van der Waals surface area contributed by atoms with Crippen LogP contribution < -0.4 is 5.32 Å². The number of rotatable bonds is 5. The van der Waals surface area contributed by atoms with Gasteiger partial charge in [0.15, 0.2) is 0 Å². The zero-order valence-corrected chi connectivity index (χ0v) is 14.1. The number of hydrogen-bond acceptors (Lipinski definition) is 2. The Bertz CT molecular complexity index is 607. The predicted octanol–water partition coefficient (Wildman–Crippen LogP) is 2.90. The minimum Gasteiger partial charge on any atom is -0.349 e. The van der Waals surface area contributed by atoms with Crippen LogP contribution in [-0.2, 0) is 9.59 Å². The third-order valence-electron chi connectivity index (χ3n) is 5.58. The van der Waals surface area contributed by atoms with Crippen LogP contribution in [0.3, 0.4) is 0 Å². The molecule has 2 atom stereocenters. The van der Waals surface area contributed by atoms with E-state index < -0.39 is 0 Å². The van der Waals surface area contributed by atoms with Crippen molar-refractivity contribution in [1.29, 1.82) is 0 Å². The highest BCUT2D eigenvalue weighted by Gasteiger charge is 2.38. The number of nitrogens with zero attached hydrogens (tertiary/aromatic N) is 1. The summed E-state index contributed by atoms with van der Waals surface area (Å²) in [6.45, 7) is 1.43. The molecule has 2 saturated carbocycles. The average molecular weight is 326 g/mol. The molecule has 0 unspecified atom stereocenters. The zero-order chi connectivity index (χ0) is 16.5. The minimum absolute atomic E-state index is 0.0496. The van der Waals surface area contributed by atoms with Crippen LogP contribution in [0.1, 0.15) is 50.1 Å². The largest absolute Gasteiger partial charge is 0.349 e. The SMILES string of the molecule is O=C(N[C@H](c1ccccc1)C1CC1)[C@@H]1CCCN(C(=O)C2CC2)C1. The van der Waals surface area contributed by atoms with E-state index in [0.717, 1.165) is 32.2 Å². The summed E-state index contributed by atoms with van der Waals surface area (Å²) < 4.78 is 0. The summed E-state index contributed by atoms with van der Waals surface area (Å²) in [5.74, 6) is 1.17. The van der Waals surface area contributed by atoms with Crippen LogP contribution in [-0.4, -0.2) is 29.8 Å². The highest BCUT2D eigenvalue weighted by molar-refractivity contribution is 5.83. The molecule has 2 aliphatic carbocycles. The maximum atomic E-state index is 12.8. The monoisotopic (exact) mass is 326 g/mol. The van der Waals surface area contributed by atoms with E-state index in [-0.39, 0.29) is 29.7 Å². The summed E-state index contributed by atoms with van der Waals surface area (Å²) >= 11 is 0. The first-order valence-electron chi connectivity index (χ1n) is 9.36. The Morgan fingerprint density at radius 3 is 2.42 bits per heavy atom. The van der Waals surface area contributed by atoms with Gasteiger partial charge < -0.3 is 10.2 Å². The van der Waals surface area contributed by atoms with Gasteiger partial charge in [0.05, 0.1) is 12.0 Å². The van der Waals surface area contributed by atoms with E-state index in [1.807, 2.05) is 23.1 Å². The molecule has 24 heavy (non-hydrogen) atoms. The molecule has 128 valence electrons. The topological polar surface area (TPSA) is 49.4 Å². The highest BCUT2D eigenvalue weighted by Crippen LogP contribution is 2.41. The smallest absolute Gasteiger partial charge is 0.225 e. The maximum absolute atomic E-state index is 12.8. The van der Waals surface area contributed by atoms with Gasteiger partial charge in [-0.05, 0) is 50.0 Å². The molecule has 2 amide bonds. The van der Waals surface area contributed by atoms with E-state index in [9.17, 15) is 9.59 Å².